The molecule has 13 heavy (non-hydrogen) atoms. The van der Waals surface area contributed by atoms with E-state index in [0.29, 0.717) is 0 Å². The number of alkyl halides is 3. The Morgan fingerprint density at radius 3 is 2.38 bits per heavy atom. The largest absolute Gasteiger partial charge is 0.396 e. The van der Waals surface area contributed by atoms with Crippen molar-refractivity contribution >= 4 is 5.91 Å². The molecule has 1 N–H and O–H groups in total. The van der Waals surface area contributed by atoms with E-state index in [2.05, 4.69) is 6.42 Å². The molecule has 5 heteroatoms. The summed E-state index contributed by atoms with van der Waals surface area (Å²) in [5.74, 6) is 0.904. The highest BCUT2D eigenvalue weighted by atomic mass is 19.4. The first-order valence-electron chi connectivity index (χ1n) is 3.72. The van der Waals surface area contributed by atoms with Crippen LogP contribution in [0.15, 0.2) is 0 Å². The van der Waals surface area contributed by atoms with E-state index in [1.807, 2.05) is 5.32 Å². The molecule has 0 saturated heterocycles. The van der Waals surface area contributed by atoms with Crippen molar-refractivity contribution in [3.05, 3.63) is 0 Å². The lowest BCUT2D eigenvalue weighted by atomic mass is 10.1. The summed E-state index contributed by atoms with van der Waals surface area (Å²) in [5, 5.41) is 2.05. The van der Waals surface area contributed by atoms with Crippen LogP contribution in [0.2, 0.25) is 0 Å². The van der Waals surface area contributed by atoms with E-state index in [4.69, 9.17) is 0 Å². The number of carbonyl (C=O) groups is 1. The molecule has 1 aliphatic carbocycles. The minimum Gasteiger partial charge on any atom is -0.344 e. The van der Waals surface area contributed by atoms with Gasteiger partial charge in [0.15, 0.2) is 0 Å². The van der Waals surface area contributed by atoms with Crippen molar-refractivity contribution in [1.82, 2.24) is 5.32 Å². The third-order valence-electron chi connectivity index (χ3n) is 2.17. The maximum Gasteiger partial charge on any atom is 0.396 e. The molecule has 0 aromatic rings. The van der Waals surface area contributed by atoms with E-state index in [1.54, 1.807) is 5.92 Å². The SMILES string of the molecule is C#CC(=O)NCC1(C(F)(F)F)CC1. The van der Waals surface area contributed by atoms with Gasteiger partial charge in [-0.15, -0.1) is 6.42 Å². The molecular weight excluding hydrogens is 183 g/mol. The molecule has 0 spiro atoms. The Labute approximate surface area is 73.5 Å². The van der Waals surface area contributed by atoms with E-state index in [0.717, 1.165) is 0 Å². The number of carbonyl (C=O) groups excluding carboxylic acids is 1. The lowest BCUT2D eigenvalue weighted by molar-refractivity contribution is -0.185. The van der Waals surface area contributed by atoms with Crippen molar-refractivity contribution in [3.8, 4) is 12.3 Å². The summed E-state index contributed by atoms with van der Waals surface area (Å²) in [5.41, 5.74) is -1.71. The highest BCUT2D eigenvalue weighted by molar-refractivity contribution is 5.92. The average molecular weight is 191 g/mol. The highest BCUT2D eigenvalue weighted by Crippen LogP contribution is 2.56. The molecule has 1 rings (SSSR count). The number of terminal acetylenes is 1. The van der Waals surface area contributed by atoms with Crippen molar-refractivity contribution < 1.29 is 18.0 Å². The molecule has 0 bridgehead atoms. The van der Waals surface area contributed by atoms with Crippen LogP contribution in [0.4, 0.5) is 13.2 Å². The topological polar surface area (TPSA) is 29.1 Å². The predicted octanol–water partition coefficient (Wildman–Crippen LogP) is 1.08. The number of hydrogen-bond donors (Lipinski definition) is 1. The third-order valence-corrected chi connectivity index (χ3v) is 2.17. The monoisotopic (exact) mass is 191 g/mol. The van der Waals surface area contributed by atoms with Crippen LogP contribution in [0, 0.1) is 17.8 Å². The number of rotatable bonds is 2. The molecule has 0 aromatic carbocycles. The van der Waals surface area contributed by atoms with Crippen molar-refractivity contribution in [1.29, 1.82) is 0 Å². The van der Waals surface area contributed by atoms with Gasteiger partial charge in [0, 0.05) is 6.54 Å². The molecule has 1 saturated carbocycles. The fourth-order valence-corrected chi connectivity index (χ4v) is 1.01. The Bertz CT molecular complexity index is 260. The molecule has 1 fully saturated rings. The van der Waals surface area contributed by atoms with E-state index >= 15 is 0 Å². The lowest BCUT2D eigenvalue weighted by Crippen LogP contribution is -2.37. The zero-order valence-electron chi connectivity index (χ0n) is 6.74. The first-order chi connectivity index (χ1) is 5.91. The maximum atomic E-state index is 12.2. The van der Waals surface area contributed by atoms with Gasteiger partial charge in [0.1, 0.15) is 0 Å². The van der Waals surface area contributed by atoms with Crippen molar-refractivity contribution in [2.24, 2.45) is 5.41 Å². The summed E-state index contributed by atoms with van der Waals surface area (Å²) in [6, 6.07) is 0. The van der Waals surface area contributed by atoms with E-state index in [1.165, 1.54) is 0 Å². The van der Waals surface area contributed by atoms with Gasteiger partial charge in [0.25, 0.3) is 5.91 Å². The minimum atomic E-state index is -4.24. The first kappa shape index (κ1) is 9.90. The second-order valence-electron chi connectivity index (χ2n) is 3.11. The summed E-state index contributed by atoms with van der Waals surface area (Å²) in [6.45, 7) is -0.403. The third kappa shape index (κ3) is 1.94. The number of hydrogen-bond acceptors (Lipinski definition) is 1. The van der Waals surface area contributed by atoms with Gasteiger partial charge in [0.2, 0.25) is 0 Å². The van der Waals surface area contributed by atoms with Crippen molar-refractivity contribution in [2.75, 3.05) is 6.54 Å². The summed E-state index contributed by atoms with van der Waals surface area (Å²) in [4.78, 5) is 10.5. The van der Waals surface area contributed by atoms with Crippen LogP contribution in [0.25, 0.3) is 0 Å². The van der Waals surface area contributed by atoms with Gasteiger partial charge in [-0.3, -0.25) is 4.79 Å². The molecule has 72 valence electrons. The molecule has 0 heterocycles. The molecule has 0 aliphatic heterocycles. The molecule has 0 radical (unpaired) electrons. The normalized spacial score (nSPS) is 18.9. The fourth-order valence-electron chi connectivity index (χ4n) is 1.01. The maximum absolute atomic E-state index is 12.2. The molecule has 0 atom stereocenters. The van der Waals surface area contributed by atoms with Crippen LogP contribution >= 0.6 is 0 Å². The highest BCUT2D eigenvalue weighted by Gasteiger charge is 2.62. The second-order valence-corrected chi connectivity index (χ2v) is 3.11. The zero-order chi connectivity index (χ0) is 10.1. The van der Waals surface area contributed by atoms with E-state index < -0.39 is 24.0 Å². The predicted molar refractivity (Wildman–Crippen MR) is 39.6 cm³/mol. The standard InChI is InChI=1S/C8H8F3NO/c1-2-6(13)12-5-7(3-4-7)8(9,10)11/h1H,3-5H2,(H,12,13). The Hall–Kier alpha value is -1.18. The molecular formula is C8H8F3NO. The van der Waals surface area contributed by atoms with Crippen LogP contribution in [0.5, 0.6) is 0 Å². The van der Waals surface area contributed by atoms with Crippen LogP contribution in [0.3, 0.4) is 0 Å². The van der Waals surface area contributed by atoms with Gasteiger partial charge < -0.3 is 5.32 Å². The lowest BCUT2D eigenvalue weighted by Gasteiger charge is -2.18. The number of halogens is 3. The van der Waals surface area contributed by atoms with Gasteiger partial charge in [-0.2, -0.15) is 13.2 Å². The molecule has 0 aromatic heterocycles. The summed E-state index contributed by atoms with van der Waals surface area (Å²) < 4.78 is 36.7. The van der Waals surface area contributed by atoms with Gasteiger partial charge in [-0.25, -0.2) is 0 Å². The summed E-state index contributed by atoms with van der Waals surface area (Å²) in [6.07, 6.45) is 0.588. The van der Waals surface area contributed by atoms with Gasteiger partial charge in [0.05, 0.1) is 5.41 Å². The van der Waals surface area contributed by atoms with Gasteiger partial charge >= 0.3 is 6.18 Å². The number of nitrogens with one attached hydrogen (secondary N) is 1. The quantitative estimate of drug-likeness (QED) is 0.650. The summed E-state index contributed by atoms with van der Waals surface area (Å²) in [7, 11) is 0. The number of amides is 1. The summed E-state index contributed by atoms with van der Waals surface area (Å²) >= 11 is 0. The van der Waals surface area contributed by atoms with Crippen LogP contribution in [0.1, 0.15) is 12.8 Å². The second kappa shape index (κ2) is 2.95. The Morgan fingerprint density at radius 2 is 2.08 bits per heavy atom. The Kier molecular flexibility index (Phi) is 2.24. The van der Waals surface area contributed by atoms with Crippen LogP contribution in [-0.4, -0.2) is 18.6 Å². The first-order valence-corrected chi connectivity index (χ1v) is 3.72. The smallest absolute Gasteiger partial charge is 0.344 e. The minimum absolute atomic E-state index is 0.0708. The Balaban J connectivity index is 2.47. The Morgan fingerprint density at radius 1 is 1.54 bits per heavy atom. The van der Waals surface area contributed by atoms with Crippen LogP contribution < -0.4 is 5.32 Å². The zero-order valence-corrected chi connectivity index (χ0v) is 6.74. The van der Waals surface area contributed by atoms with E-state index in [-0.39, 0.29) is 12.8 Å². The van der Waals surface area contributed by atoms with Crippen molar-refractivity contribution in [2.45, 2.75) is 19.0 Å². The fraction of sp³-hybridized carbons (Fsp3) is 0.625. The van der Waals surface area contributed by atoms with E-state index in [9.17, 15) is 18.0 Å². The average Bonchev–Trinajstić information content (AvgIpc) is 2.79. The van der Waals surface area contributed by atoms with Gasteiger partial charge in [-0.1, -0.05) is 0 Å². The van der Waals surface area contributed by atoms with Gasteiger partial charge in [-0.05, 0) is 18.8 Å². The molecule has 1 aliphatic rings. The molecule has 2 nitrogen and oxygen atoms in total. The van der Waals surface area contributed by atoms with Crippen LogP contribution in [-0.2, 0) is 4.79 Å². The molecule has 0 unspecified atom stereocenters. The molecule has 1 amide bonds. The van der Waals surface area contributed by atoms with Crippen molar-refractivity contribution in [3.63, 3.8) is 0 Å².